The monoisotopic (exact) mass is 301 g/mol. The van der Waals surface area contributed by atoms with Crippen LogP contribution in [0, 0.1) is 6.92 Å². The standard InChI is InChI=1S/C17H23N3O2/c1-13-15(12-20(2)19-13)8-9-17(22)18-11-10-16(21)14-6-4-3-5-7-14/h3-7,12,16,21H,8-11H2,1-2H3,(H,18,22). The molecule has 118 valence electrons. The number of aromatic nitrogens is 2. The Morgan fingerprint density at radius 2 is 2.09 bits per heavy atom. The third-order valence-electron chi connectivity index (χ3n) is 3.66. The highest BCUT2D eigenvalue weighted by molar-refractivity contribution is 5.76. The molecule has 1 amide bonds. The summed E-state index contributed by atoms with van der Waals surface area (Å²) in [7, 11) is 1.88. The first-order chi connectivity index (χ1) is 10.6. The van der Waals surface area contributed by atoms with Crippen molar-refractivity contribution in [2.75, 3.05) is 6.54 Å². The van der Waals surface area contributed by atoms with Gasteiger partial charge in [-0.1, -0.05) is 30.3 Å². The Morgan fingerprint density at radius 1 is 1.36 bits per heavy atom. The number of nitrogens with zero attached hydrogens (tertiary/aromatic N) is 2. The van der Waals surface area contributed by atoms with E-state index in [2.05, 4.69) is 10.4 Å². The second-order valence-electron chi connectivity index (χ2n) is 5.48. The number of hydrogen-bond donors (Lipinski definition) is 2. The summed E-state index contributed by atoms with van der Waals surface area (Å²) in [5.74, 6) is 0.00325. The number of carbonyl (C=O) groups is 1. The van der Waals surface area contributed by atoms with Crippen molar-refractivity contribution in [1.82, 2.24) is 15.1 Å². The molecule has 1 aromatic carbocycles. The molecule has 0 aliphatic carbocycles. The summed E-state index contributed by atoms with van der Waals surface area (Å²) in [5, 5.41) is 17.1. The highest BCUT2D eigenvalue weighted by Gasteiger charge is 2.09. The van der Waals surface area contributed by atoms with Gasteiger partial charge in [-0.25, -0.2) is 0 Å². The number of amides is 1. The Bertz CT molecular complexity index is 608. The summed E-state index contributed by atoms with van der Waals surface area (Å²) in [4.78, 5) is 11.8. The summed E-state index contributed by atoms with van der Waals surface area (Å²) in [6.07, 6.45) is 3.05. The quantitative estimate of drug-likeness (QED) is 0.821. The SMILES string of the molecule is Cc1nn(C)cc1CCC(=O)NCCC(O)c1ccccc1. The Kier molecular flexibility index (Phi) is 5.72. The van der Waals surface area contributed by atoms with E-state index in [4.69, 9.17) is 0 Å². The third-order valence-corrected chi connectivity index (χ3v) is 3.66. The molecule has 2 rings (SSSR count). The molecule has 0 aliphatic heterocycles. The third kappa shape index (κ3) is 4.70. The largest absolute Gasteiger partial charge is 0.388 e. The van der Waals surface area contributed by atoms with Crippen LogP contribution in [-0.2, 0) is 18.3 Å². The van der Waals surface area contributed by atoms with Gasteiger partial charge in [0, 0.05) is 26.2 Å². The highest BCUT2D eigenvalue weighted by atomic mass is 16.3. The molecule has 0 saturated carbocycles. The number of nitrogens with one attached hydrogen (secondary N) is 1. The van der Waals surface area contributed by atoms with E-state index in [1.165, 1.54) is 0 Å². The summed E-state index contributed by atoms with van der Waals surface area (Å²) >= 11 is 0. The fourth-order valence-corrected chi connectivity index (χ4v) is 2.42. The highest BCUT2D eigenvalue weighted by Crippen LogP contribution is 2.15. The van der Waals surface area contributed by atoms with E-state index in [1.807, 2.05) is 50.5 Å². The molecule has 2 N–H and O–H groups in total. The van der Waals surface area contributed by atoms with E-state index < -0.39 is 6.10 Å². The van der Waals surface area contributed by atoms with E-state index >= 15 is 0 Å². The molecule has 0 saturated heterocycles. The second-order valence-corrected chi connectivity index (χ2v) is 5.48. The van der Waals surface area contributed by atoms with Crippen molar-refractivity contribution in [2.24, 2.45) is 7.05 Å². The molecule has 0 spiro atoms. The molecule has 5 nitrogen and oxygen atoms in total. The Hall–Kier alpha value is -2.14. The van der Waals surface area contributed by atoms with Crippen molar-refractivity contribution in [2.45, 2.75) is 32.3 Å². The minimum Gasteiger partial charge on any atom is -0.388 e. The molecule has 22 heavy (non-hydrogen) atoms. The van der Waals surface area contributed by atoms with Crippen LogP contribution < -0.4 is 5.32 Å². The number of aliphatic hydroxyl groups is 1. The van der Waals surface area contributed by atoms with E-state index in [-0.39, 0.29) is 5.91 Å². The summed E-state index contributed by atoms with van der Waals surface area (Å²) in [6.45, 7) is 2.42. The molecule has 1 aromatic heterocycles. The van der Waals surface area contributed by atoms with Gasteiger partial charge in [0.05, 0.1) is 11.8 Å². The number of carbonyl (C=O) groups excluding carboxylic acids is 1. The molecule has 1 unspecified atom stereocenters. The van der Waals surface area contributed by atoms with Gasteiger partial charge in [0.15, 0.2) is 0 Å². The molecule has 1 atom stereocenters. The minimum absolute atomic E-state index is 0.00325. The molecular weight excluding hydrogens is 278 g/mol. The zero-order valence-electron chi connectivity index (χ0n) is 13.1. The van der Waals surface area contributed by atoms with Crippen LogP contribution in [0.4, 0.5) is 0 Å². The van der Waals surface area contributed by atoms with Crippen molar-refractivity contribution < 1.29 is 9.90 Å². The molecule has 1 heterocycles. The maximum absolute atomic E-state index is 11.8. The Morgan fingerprint density at radius 3 is 2.73 bits per heavy atom. The topological polar surface area (TPSA) is 67.2 Å². The van der Waals surface area contributed by atoms with E-state index in [9.17, 15) is 9.90 Å². The number of aryl methyl sites for hydroxylation is 3. The van der Waals surface area contributed by atoms with Crippen LogP contribution in [0.3, 0.4) is 0 Å². The molecule has 5 heteroatoms. The lowest BCUT2D eigenvalue weighted by Gasteiger charge is -2.11. The second kappa shape index (κ2) is 7.75. The zero-order chi connectivity index (χ0) is 15.9. The van der Waals surface area contributed by atoms with Crippen LogP contribution in [0.2, 0.25) is 0 Å². The van der Waals surface area contributed by atoms with Crippen LogP contribution in [0.5, 0.6) is 0 Å². The van der Waals surface area contributed by atoms with Crippen molar-refractivity contribution in [3.8, 4) is 0 Å². The average Bonchev–Trinajstić information content (AvgIpc) is 2.84. The molecule has 0 bridgehead atoms. The van der Waals surface area contributed by atoms with Crippen LogP contribution in [0.1, 0.15) is 35.8 Å². The van der Waals surface area contributed by atoms with Gasteiger partial charge in [0.1, 0.15) is 0 Å². The smallest absolute Gasteiger partial charge is 0.220 e. The number of hydrogen-bond acceptors (Lipinski definition) is 3. The van der Waals surface area contributed by atoms with Gasteiger partial charge in [-0.2, -0.15) is 5.10 Å². The van der Waals surface area contributed by atoms with Gasteiger partial charge in [-0.05, 0) is 30.9 Å². The van der Waals surface area contributed by atoms with Gasteiger partial charge >= 0.3 is 0 Å². The first-order valence-electron chi connectivity index (χ1n) is 7.55. The molecule has 0 aliphatic rings. The minimum atomic E-state index is -0.540. The number of benzene rings is 1. The van der Waals surface area contributed by atoms with Crippen LogP contribution in [0.15, 0.2) is 36.5 Å². The van der Waals surface area contributed by atoms with Crippen molar-refractivity contribution in [3.05, 3.63) is 53.3 Å². The molecular formula is C17H23N3O2. The van der Waals surface area contributed by atoms with Gasteiger partial charge in [0.2, 0.25) is 5.91 Å². The predicted molar refractivity (Wildman–Crippen MR) is 85.3 cm³/mol. The first-order valence-corrected chi connectivity index (χ1v) is 7.55. The summed E-state index contributed by atoms with van der Waals surface area (Å²) < 4.78 is 1.76. The zero-order valence-corrected chi connectivity index (χ0v) is 13.1. The van der Waals surface area contributed by atoms with Crippen molar-refractivity contribution in [3.63, 3.8) is 0 Å². The first kappa shape index (κ1) is 16.2. The average molecular weight is 301 g/mol. The van der Waals surface area contributed by atoms with Gasteiger partial charge in [0.25, 0.3) is 0 Å². The molecule has 0 radical (unpaired) electrons. The summed E-state index contributed by atoms with van der Waals surface area (Å²) in [5.41, 5.74) is 2.94. The Labute approximate surface area is 131 Å². The lowest BCUT2D eigenvalue weighted by atomic mass is 10.1. The van der Waals surface area contributed by atoms with Gasteiger partial charge in [-0.3, -0.25) is 9.48 Å². The van der Waals surface area contributed by atoms with Gasteiger partial charge < -0.3 is 10.4 Å². The summed E-state index contributed by atoms with van der Waals surface area (Å²) in [6, 6.07) is 9.48. The lowest BCUT2D eigenvalue weighted by Crippen LogP contribution is -2.25. The van der Waals surface area contributed by atoms with Crippen LogP contribution >= 0.6 is 0 Å². The van der Waals surface area contributed by atoms with Crippen LogP contribution in [-0.4, -0.2) is 27.3 Å². The fourth-order valence-electron chi connectivity index (χ4n) is 2.42. The fraction of sp³-hybridized carbons (Fsp3) is 0.412. The number of aliphatic hydroxyl groups excluding tert-OH is 1. The van der Waals surface area contributed by atoms with Gasteiger partial charge in [-0.15, -0.1) is 0 Å². The number of rotatable bonds is 7. The molecule has 0 fully saturated rings. The van der Waals surface area contributed by atoms with Crippen molar-refractivity contribution >= 4 is 5.91 Å². The predicted octanol–water partition coefficient (Wildman–Crippen LogP) is 1.90. The maximum Gasteiger partial charge on any atom is 0.220 e. The Balaban J connectivity index is 1.69. The maximum atomic E-state index is 11.8. The van der Waals surface area contributed by atoms with Crippen LogP contribution in [0.25, 0.3) is 0 Å². The van der Waals surface area contributed by atoms with E-state index in [0.717, 1.165) is 16.8 Å². The molecule has 2 aromatic rings. The normalized spacial score (nSPS) is 12.1. The van der Waals surface area contributed by atoms with E-state index in [0.29, 0.717) is 25.8 Å². The van der Waals surface area contributed by atoms with E-state index in [1.54, 1.807) is 4.68 Å². The van der Waals surface area contributed by atoms with Crippen molar-refractivity contribution in [1.29, 1.82) is 0 Å². The lowest BCUT2D eigenvalue weighted by molar-refractivity contribution is -0.121.